The average Bonchev–Trinajstić information content (AvgIpc) is 2.62. The third kappa shape index (κ3) is 4.94. The number of nitrogens with zero attached hydrogens (tertiary/aromatic N) is 4. The number of nitrogens with one attached hydrogen (secondary N) is 2. The minimum absolute atomic E-state index is 0.263. The highest BCUT2D eigenvalue weighted by molar-refractivity contribution is 7.80. The molecule has 0 radical (unpaired) electrons. The van der Waals surface area contributed by atoms with Crippen LogP contribution in [-0.2, 0) is 4.74 Å². The molecule has 26 heavy (non-hydrogen) atoms. The van der Waals surface area contributed by atoms with Gasteiger partial charge in [-0.05, 0) is 52.3 Å². The van der Waals surface area contributed by atoms with Gasteiger partial charge in [0.05, 0.1) is 13.2 Å². The van der Waals surface area contributed by atoms with E-state index >= 15 is 0 Å². The van der Waals surface area contributed by atoms with Gasteiger partial charge in [0.2, 0.25) is 5.95 Å². The van der Waals surface area contributed by atoms with Crippen LogP contribution in [0.4, 0.5) is 17.6 Å². The van der Waals surface area contributed by atoms with Gasteiger partial charge in [0, 0.05) is 37.8 Å². The molecule has 0 aromatic carbocycles. The Bertz CT molecular complexity index is 620. The van der Waals surface area contributed by atoms with E-state index < -0.39 is 0 Å². The van der Waals surface area contributed by atoms with Gasteiger partial charge >= 0.3 is 0 Å². The van der Waals surface area contributed by atoms with Crippen molar-refractivity contribution >= 4 is 34.9 Å². The second-order valence-corrected chi connectivity index (χ2v) is 7.71. The number of thiocarbonyl (C=S) groups is 1. The summed E-state index contributed by atoms with van der Waals surface area (Å²) in [5.41, 5.74) is 0. The molecule has 144 valence electrons. The van der Waals surface area contributed by atoms with Crippen molar-refractivity contribution in [2.45, 2.75) is 52.1 Å². The molecule has 2 aliphatic rings. The first-order valence-electron chi connectivity index (χ1n) is 9.59. The maximum Gasteiger partial charge on any atom is 0.232 e. The predicted molar refractivity (Wildman–Crippen MR) is 110 cm³/mol. The average molecular weight is 379 g/mol. The number of hydrogen-bond donors (Lipinski definition) is 2. The third-order valence-corrected chi connectivity index (χ3v) is 5.00. The van der Waals surface area contributed by atoms with Crippen LogP contribution in [0.5, 0.6) is 0 Å². The molecule has 0 amide bonds. The van der Waals surface area contributed by atoms with Crippen LogP contribution in [0, 0.1) is 0 Å². The summed E-state index contributed by atoms with van der Waals surface area (Å²) >= 11 is 5.39. The van der Waals surface area contributed by atoms with Crippen LogP contribution in [0.25, 0.3) is 0 Å². The van der Waals surface area contributed by atoms with Crippen LogP contribution in [-0.4, -0.2) is 60.0 Å². The number of rotatable bonds is 4. The molecule has 2 fully saturated rings. The lowest BCUT2D eigenvalue weighted by atomic mass is 10.0. The van der Waals surface area contributed by atoms with Crippen molar-refractivity contribution in [1.82, 2.24) is 15.3 Å². The van der Waals surface area contributed by atoms with E-state index in [1.54, 1.807) is 0 Å². The zero-order chi connectivity index (χ0) is 18.5. The van der Waals surface area contributed by atoms with Gasteiger partial charge in [-0.15, -0.1) is 0 Å². The summed E-state index contributed by atoms with van der Waals surface area (Å²) < 4.78 is 5.48. The summed E-state index contributed by atoms with van der Waals surface area (Å²) in [5.74, 6) is 2.47. The largest absolute Gasteiger partial charge is 0.378 e. The zero-order valence-corrected chi connectivity index (χ0v) is 16.8. The molecule has 1 aromatic rings. The number of morpholine rings is 1. The first-order valence-corrected chi connectivity index (χ1v) is 9.99. The van der Waals surface area contributed by atoms with Crippen LogP contribution in [0.15, 0.2) is 6.07 Å². The molecule has 1 aromatic heterocycles. The summed E-state index contributed by atoms with van der Waals surface area (Å²) in [6, 6.07) is 2.86. The van der Waals surface area contributed by atoms with Gasteiger partial charge in [0.1, 0.15) is 11.6 Å². The second-order valence-electron chi connectivity index (χ2n) is 7.30. The first kappa shape index (κ1) is 19.1. The Morgan fingerprint density at radius 1 is 1.19 bits per heavy atom. The lowest BCUT2D eigenvalue weighted by Crippen LogP contribution is -2.40. The fourth-order valence-corrected chi connectivity index (χ4v) is 3.74. The SMILES string of the molecule is CC(C)NC(=S)Nc1nc(N2CCOCC2)cc(N2CCCC[C@@H]2C)n1. The molecule has 1 atom stereocenters. The Morgan fingerprint density at radius 3 is 2.62 bits per heavy atom. The first-order chi connectivity index (χ1) is 12.5. The van der Waals surface area contributed by atoms with E-state index in [4.69, 9.17) is 26.9 Å². The van der Waals surface area contributed by atoms with Crippen LogP contribution in [0.2, 0.25) is 0 Å². The molecule has 0 spiro atoms. The van der Waals surface area contributed by atoms with Crippen molar-refractivity contribution in [3.05, 3.63) is 6.07 Å². The van der Waals surface area contributed by atoms with Gasteiger partial charge < -0.3 is 25.2 Å². The summed E-state index contributed by atoms with van der Waals surface area (Å²) in [7, 11) is 0. The summed E-state index contributed by atoms with van der Waals surface area (Å²) in [6.45, 7) is 10.6. The van der Waals surface area contributed by atoms with Crippen molar-refractivity contribution < 1.29 is 4.74 Å². The minimum Gasteiger partial charge on any atom is -0.378 e. The number of ether oxygens (including phenoxy) is 1. The van der Waals surface area contributed by atoms with E-state index in [-0.39, 0.29) is 6.04 Å². The zero-order valence-electron chi connectivity index (χ0n) is 16.0. The molecular weight excluding hydrogens is 348 g/mol. The Kier molecular flexibility index (Phi) is 6.48. The van der Waals surface area contributed by atoms with Gasteiger partial charge in [0.15, 0.2) is 5.11 Å². The van der Waals surface area contributed by atoms with Crippen molar-refractivity contribution in [1.29, 1.82) is 0 Å². The lowest BCUT2D eigenvalue weighted by molar-refractivity contribution is 0.122. The van der Waals surface area contributed by atoms with Gasteiger partial charge in [0.25, 0.3) is 0 Å². The highest BCUT2D eigenvalue weighted by Crippen LogP contribution is 2.27. The molecule has 2 aliphatic heterocycles. The van der Waals surface area contributed by atoms with Crippen molar-refractivity contribution in [2.24, 2.45) is 0 Å². The molecule has 3 heterocycles. The summed E-state index contributed by atoms with van der Waals surface area (Å²) in [5, 5.41) is 6.90. The number of aromatic nitrogens is 2. The monoisotopic (exact) mass is 378 g/mol. The van der Waals surface area contributed by atoms with Crippen LogP contribution >= 0.6 is 12.2 Å². The lowest BCUT2D eigenvalue weighted by Gasteiger charge is -2.35. The fourth-order valence-electron chi connectivity index (χ4n) is 3.42. The fraction of sp³-hybridized carbons (Fsp3) is 0.722. The Balaban J connectivity index is 1.86. The third-order valence-electron chi connectivity index (χ3n) is 4.78. The minimum atomic E-state index is 0.263. The van der Waals surface area contributed by atoms with E-state index in [9.17, 15) is 0 Å². The molecule has 0 saturated carbocycles. The topological polar surface area (TPSA) is 65.6 Å². The summed E-state index contributed by atoms with van der Waals surface area (Å²) in [4.78, 5) is 14.1. The van der Waals surface area contributed by atoms with Crippen LogP contribution in [0.3, 0.4) is 0 Å². The predicted octanol–water partition coefficient (Wildman–Crippen LogP) is 2.39. The van der Waals surface area contributed by atoms with E-state index in [1.165, 1.54) is 19.3 Å². The van der Waals surface area contributed by atoms with E-state index in [2.05, 4.69) is 47.3 Å². The van der Waals surface area contributed by atoms with E-state index in [0.717, 1.165) is 44.5 Å². The van der Waals surface area contributed by atoms with Gasteiger partial charge in [-0.3, -0.25) is 0 Å². The van der Waals surface area contributed by atoms with Gasteiger partial charge in [-0.25, -0.2) is 0 Å². The highest BCUT2D eigenvalue weighted by Gasteiger charge is 2.23. The summed E-state index contributed by atoms with van der Waals surface area (Å²) in [6.07, 6.45) is 3.69. The standard InChI is InChI=1S/C18H30N6OS/c1-13(2)19-18(26)22-17-20-15(23-8-10-25-11-9-23)12-16(21-17)24-7-5-4-6-14(24)3/h12-14H,4-11H2,1-3H3,(H2,19,20,21,22,26)/t14-/m0/s1. The van der Waals surface area contributed by atoms with E-state index in [0.29, 0.717) is 17.1 Å². The molecular formula is C18H30N6OS. The van der Waals surface area contributed by atoms with Crippen molar-refractivity contribution in [2.75, 3.05) is 48.0 Å². The Labute approximate surface area is 161 Å². The Hall–Kier alpha value is -1.67. The van der Waals surface area contributed by atoms with Crippen LogP contribution in [0.1, 0.15) is 40.0 Å². The Morgan fingerprint density at radius 2 is 1.92 bits per heavy atom. The molecule has 0 aliphatic carbocycles. The maximum atomic E-state index is 5.48. The molecule has 2 saturated heterocycles. The quantitative estimate of drug-likeness (QED) is 0.775. The number of piperidine rings is 1. The van der Waals surface area contributed by atoms with Crippen molar-refractivity contribution in [3.8, 4) is 0 Å². The molecule has 3 rings (SSSR count). The molecule has 2 N–H and O–H groups in total. The van der Waals surface area contributed by atoms with Crippen molar-refractivity contribution in [3.63, 3.8) is 0 Å². The maximum absolute atomic E-state index is 5.48. The number of hydrogen-bond acceptors (Lipinski definition) is 6. The normalized spacial score (nSPS) is 21.0. The van der Waals surface area contributed by atoms with E-state index in [1.807, 2.05) is 0 Å². The second kappa shape index (κ2) is 8.81. The number of anilines is 3. The van der Waals surface area contributed by atoms with Gasteiger partial charge in [-0.1, -0.05) is 0 Å². The van der Waals surface area contributed by atoms with Gasteiger partial charge in [-0.2, -0.15) is 9.97 Å². The molecule has 0 unspecified atom stereocenters. The molecule has 0 bridgehead atoms. The van der Waals surface area contributed by atoms with Crippen LogP contribution < -0.4 is 20.4 Å². The molecule has 7 nitrogen and oxygen atoms in total. The highest BCUT2D eigenvalue weighted by atomic mass is 32.1. The molecule has 8 heteroatoms. The smallest absolute Gasteiger partial charge is 0.232 e.